The smallest absolute Gasteiger partial charge is 0.223 e. The molecule has 0 spiro atoms. The molecule has 0 aliphatic rings. The maximum atomic E-state index is 12.4. The van der Waals surface area contributed by atoms with Crippen molar-refractivity contribution < 1.29 is 28.7 Å². The van der Waals surface area contributed by atoms with E-state index in [2.05, 4.69) is 10.6 Å². The Labute approximate surface area is 155 Å². The van der Waals surface area contributed by atoms with Crippen LogP contribution < -0.4 is 10.6 Å². The predicted octanol–water partition coefficient (Wildman–Crippen LogP) is 0.191. The van der Waals surface area contributed by atoms with Gasteiger partial charge in [0.1, 0.15) is 12.6 Å². The topological polar surface area (TPSA) is 111 Å². The lowest BCUT2D eigenvalue weighted by Crippen LogP contribution is -2.45. The van der Waals surface area contributed by atoms with Gasteiger partial charge in [-0.15, -0.1) is 0 Å². The van der Waals surface area contributed by atoms with Crippen LogP contribution in [0.3, 0.4) is 0 Å². The Morgan fingerprint density at radius 1 is 0.923 bits per heavy atom. The van der Waals surface area contributed by atoms with Gasteiger partial charge in [-0.1, -0.05) is 13.8 Å². The molecule has 2 N–H and O–H groups in total. The Morgan fingerprint density at radius 2 is 1.42 bits per heavy atom. The number of hydrogen-bond donors (Lipinski definition) is 2. The van der Waals surface area contributed by atoms with Crippen molar-refractivity contribution in [2.45, 2.75) is 38.9 Å². The van der Waals surface area contributed by atoms with E-state index in [1.807, 2.05) is 6.92 Å². The number of hydrogen-bond acceptors (Lipinski definition) is 6. The van der Waals surface area contributed by atoms with Gasteiger partial charge in [-0.3, -0.25) is 9.59 Å². The highest BCUT2D eigenvalue weighted by molar-refractivity contribution is 5.83. The van der Waals surface area contributed by atoms with Crippen LogP contribution in [0, 0.1) is 23.7 Å². The summed E-state index contributed by atoms with van der Waals surface area (Å²) in [7, 11) is 5.88. The van der Waals surface area contributed by atoms with Crippen LogP contribution in [0.2, 0.25) is 0 Å². The van der Waals surface area contributed by atoms with Gasteiger partial charge < -0.3 is 29.7 Å². The molecule has 150 valence electrons. The summed E-state index contributed by atoms with van der Waals surface area (Å²) in [5.41, 5.74) is 0. The largest absolute Gasteiger partial charge is 0.381 e. The van der Waals surface area contributed by atoms with Crippen molar-refractivity contribution in [1.82, 2.24) is 10.6 Å². The SMILES string of the molecule is CCC(OC)C(C=O)C(CC(OC)C(C=O)C(C)C(=O)NC)C(=O)NC. The zero-order valence-corrected chi connectivity index (χ0v) is 16.5. The van der Waals surface area contributed by atoms with Crippen molar-refractivity contribution in [1.29, 1.82) is 0 Å². The van der Waals surface area contributed by atoms with Crippen molar-refractivity contribution in [2.75, 3.05) is 28.3 Å². The molecule has 8 heteroatoms. The lowest BCUT2D eigenvalue weighted by Gasteiger charge is -2.32. The molecular formula is C18H32N2O6. The molecule has 0 fully saturated rings. The van der Waals surface area contributed by atoms with Crippen molar-refractivity contribution in [3.63, 3.8) is 0 Å². The van der Waals surface area contributed by atoms with E-state index in [1.165, 1.54) is 28.3 Å². The summed E-state index contributed by atoms with van der Waals surface area (Å²) in [5.74, 6) is -3.45. The first kappa shape index (κ1) is 24.2. The van der Waals surface area contributed by atoms with Crippen LogP contribution >= 0.6 is 0 Å². The van der Waals surface area contributed by atoms with Crippen LogP contribution in [0.15, 0.2) is 0 Å². The average molecular weight is 372 g/mol. The second-order valence-electron chi connectivity index (χ2n) is 6.24. The maximum Gasteiger partial charge on any atom is 0.223 e. The third kappa shape index (κ3) is 6.17. The molecule has 6 unspecified atom stereocenters. The monoisotopic (exact) mass is 372 g/mol. The van der Waals surface area contributed by atoms with Gasteiger partial charge in [0.2, 0.25) is 11.8 Å². The molecule has 0 aliphatic carbocycles. The molecule has 6 atom stereocenters. The number of carbonyl (C=O) groups excluding carboxylic acids is 4. The summed E-state index contributed by atoms with van der Waals surface area (Å²) < 4.78 is 10.8. The van der Waals surface area contributed by atoms with E-state index in [9.17, 15) is 19.2 Å². The molecule has 0 rings (SSSR count). The molecule has 0 heterocycles. The molecule has 2 amide bonds. The maximum absolute atomic E-state index is 12.4. The lowest BCUT2D eigenvalue weighted by atomic mass is 9.78. The Balaban J connectivity index is 5.68. The van der Waals surface area contributed by atoms with E-state index in [0.29, 0.717) is 19.0 Å². The highest BCUT2D eigenvalue weighted by atomic mass is 16.5. The predicted molar refractivity (Wildman–Crippen MR) is 96.4 cm³/mol. The number of nitrogens with one attached hydrogen (secondary N) is 2. The summed E-state index contributed by atoms with van der Waals surface area (Å²) in [6, 6.07) is 0. The van der Waals surface area contributed by atoms with E-state index in [4.69, 9.17) is 9.47 Å². The number of ether oxygens (including phenoxy) is 2. The summed E-state index contributed by atoms with van der Waals surface area (Å²) in [5, 5.41) is 5.06. The van der Waals surface area contributed by atoms with Crippen molar-refractivity contribution in [3.8, 4) is 0 Å². The van der Waals surface area contributed by atoms with E-state index in [-0.39, 0.29) is 18.2 Å². The fourth-order valence-electron chi connectivity index (χ4n) is 3.25. The number of amides is 2. The number of aldehydes is 2. The molecule has 8 nitrogen and oxygen atoms in total. The summed E-state index contributed by atoms with van der Waals surface area (Å²) in [6.45, 7) is 3.49. The summed E-state index contributed by atoms with van der Waals surface area (Å²) in [4.78, 5) is 47.6. The quantitative estimate of drug-likeness (QED) is 0.447. The van der Waals surface area contributed by atoms with E-state index in [0.717, 1.165) is 0 Å². The zero-order chi connectivity index (χ0) is 20.3. The van der Waals surface area contributed by atoms with E-state index < -0.39 is 35.9 Å². The lowest BCUT2D eigenvalue weighted by molar-refractivity contribution is -0.138. The first-order valence-electron chi connectivity index (χ1n) is 8.75. The van der Waals surface area contributed by atoms with Crippen molar-refractivity contribution in [2.24, 2.45) is 23.7 Å². The standard InChI is InChI=1S/C18H32N2O6/c1-7-15(25-5)14(10-22)12(18(24)20-4)8-16(26-6)13(9-21)11(2)17(23)19-3/h9-16H,7-8H2,1-6H3,(H,19,23)(H,20,24). The molecule has 0 bridgehead atoms. The fraction of sp³-hybridized carbons (Fsp3) is 0.778. The van der Waals surface area contributed by atoms with Crippen molar-refractivity contribution >= 4 is 24.4 Å². The second kappa shape index (κ2) is 12.5. The van der Waals surface area contributed by atoms with Gasteiger partial charge in [0.15, 0.2) is 0 Å². The van der Waals surface area contributed by atoms with Gasteiger partial charge >= 0.3 is 0 Å². The molecule has 0 aromatic rings. The molecule has 0 radical (unpaired) electrons. The fourth-order valence-corrected chi connectivity index (χ4v) is 3.25. The van der Waals surface area contributed by atoms with Gasteiger partial charge in [-0.05, 0) is 12.8 Å². The highest BCUT2D eigenvalue weighted by Gasteiger charge is 2.39. The van der Waals surface area contributed by atoms with Gasteiger partial charge in [-0.25, -0.2) is 0 Å². The molecule has 0 aromatic carbocycles. The second-order valence-corrected chi connectivity index (χ2v) is 6.24. The van der Waals surface area contributed by atoms with Crippen LogP contribution in [0.5, 0.6) is 0 Å². The highest BCUT2D eigenvalue weighted by Crippen LogP contribution is 2.29. The Hall–Kier alpha value is -1.80. The van der Waals surface area contributed by atoms with Gasteiger partial charge in [0, 0.05) is 34.2 Å². The van der Waals surface area contributed by atoms with Crippen LogP contribution in [-0.4, -0.2) is 64.9 Å². The third-order valence-corrected chi connectivity index (χ3v) is 4.95. The first-order valence-corrected chi connectivity index (χ1v) is 8.75. The average Bonchev–Trinajstić information content (AvgIpc) is 2.67. The molecular weight excluding hydrogens is 340 g/mol. The molecule has 0 aromatic heterocycles. The Bertz CT molecular complexity index is 467. The minimum Gasteiger partial charge on any atom is -0.381 e. The number of rotatable bonds is 13. The third-order valence-electron chi connectivity index (χ3n) is 4.95. The summed E-state index contributed by atoms with van der Waals surface area (Å²) >= 11 is 0. The van der Waals surface area contributed by atoms with Crippen LogP contribution in [0.1, 0.15) is 26.7 Å². The molecule has 26 heavy (non-hydrogen) atoms. The van der Waals surface area contributed by atoms with Gasteiger partial charge in [0.05, 0.1) is 30.0 Å². The Morgan fingerprint density at radius 3 is 1.77 bits per heavy atom. The minimum atomic E-state index is -0.748. The zero-order valence-electron chi connectivity index (χ0n) is 16.5. The van der Waals surface area contributed by atoms with Crippen LogP contribution in [-0.2, 0) is 28.7 Å². The number of carbonyl (C=O) groups is 4. The van der Waals surface area contributed by atoms with Crippen LogP contribution in [0.4, 0.5) is 0 Å². The van der Waals surface area contributed by atoms with Gasteiger partial charge in [-0.2, -0.15) is 0 Å². The van der Waals surface area contributed by atoms with Gasteiger partial charge in [0.25, 0.3) is 0 Å². The number of methoxy groups -OCH3 is 2. The van der Waals surface area contributed by atoms with Crippen molar-refractivity contribution in [3.05, 3.63) is 0 Å². The first-order chi connectivity index (χ1) is 12.4. The van der Waals surface area contributed by atoms with Crippen LogP contribution in [0.25, 0.3) is 0 Å². The Kier molecular flexibility index (Phi) is 11.7. The molecule has 0 aliphatic heterocycles. The molecule has 0 saturated carbocycles. The van der Waals surface area contributed by atoms with E-state index in [1.54, 1.807) is 6.92 Å². The normalized spacial score (nSPS) is 17.9. The summed E-state index contributed by atoms with van der Waals surface area (Å²) in [6.07, 6.45) is 0.916. The molecule has 0 saturated heterocycles. The van der Waals surface area contributed by atoms with E-state index >= 15 is 0 Å². The minimum absolute atomic E-state index is 0.115.